The zero-order valence-corrected chi connectivity index (χ0v) is 11.2. The molecule has 0 aliphatic carbocycles. The third-order valence-electron chi connectivity index (χ3n) is 3.99. The van der Waals surface area contributed by atoms with E-state index >= 15 is 0 Å². The molecule has 0 aromatic heterocycles. The molecular formula is C15H21NO2. The summed E-state index contributed by atoms with van der Waals surface area (Å²) in [7, 11) is 1.48. The van der Waals surface area contributed by atoms with E-state index in [2.05, 4.69) is 24.0 Å². The van der Waals surface area contributed by atoms with Crippen molar-refractivity contribution in [1.29, 1.82) is 0 Å². The molecule has 0 saturated carbocycles. The van der Waals surface area contributed by atoms with Gasteiger partial charge in [-0.2, -0.15) is 0 Å². The third kappa shape index (κ3) is 2.27. The summed E-state index contributed by atoms with van der Waals surface area (Å²) < 4.78 is 5.02. The Balaban J connectivity index is 2.18. The minimum Gasteiger partial charge on any atom is -0.468 e. The van der Waals surface area contributed by atoms with Crippen molar-refractivity contribution >= 4 is 5.97 Å². The Kier molecular flexibility index (Phi) is 4.02. The molecule has 0 N–H and O–H groups in total. The number of hydrogen-bond acceptors (Lipinski definition) is 3. The van der Waals surface area contributed by atoms with Crippen molar-refractivity contribution in [3.63, 3.8) is 0 Å². The molecule has 18 heavy (non-hydrogen) atoms. The molecule has 3 heteroatoms. The number of hydrogen-bond donors (Lipinski definition) is 0. The normalized spacial score (nSPS) is 24.1. The first kappa shape index (κ1) is 13.1. The van der Waals surface area contributed by atoms with Gasteiger partial charge >= 0.3 is 5.97 Å². The van der Waals surface area contributed by atoms with Gasteiger partial charge in [0.2, 0.25) is 0 Å². The van der Waals surface area contributed by atoms with E-state index in [0.29, 0.717) is 0 Å². The molecular weight excluding hydrogens is 226 g/mol. The van der Waals surface area contributed by atoms with Crippen LogP contribution in [0.15, 0.2) is 30.3 Å². The number of benzene rings is 1. The van der Waals surface area contributed by atoms with Crippen LogP contribution in [-0.2, 0) is 16.1 Å². The highest BCUT2D eigenvalue weighted by atomic mass is 16.5. The first-order chi connectivity index (χ1) is 8.73. The molecule has 0 spiro atoms. The van der Waals surface area contributed by atoms with Gasteiger partial charge < -0.3 is 4.74 Å². The zero-order chi connectivity index (χ0) is 13.0. The summed E-state index contributed by atoms with van der Waals surface area (Å²) in [6.45, 7) is 3.86. The molecule has 1 fully saturated rings. The van der Waals surface area contributed by atoms with E-state index < -0.39 is 5.54 Å². The van der Waals surface area contributed by atoms with Crippen LogP contribution in [0.2, 0.25) is 0 Å². The molecule has 0 amide bonds. The van der Waals surface area contributed by atoms with Crippen LogP contribution in [0.4, 0.5) is 0 Å². The topological polar surface area (TPSA) is 29.5 Å². The average Bonchev–Trinajstić information content (AvgIpc) is 2.83. The highest BCUT2D eigenvalue weighted by Gasteiger charge is 2.46. The maximum Gasteiger partial charge on any atom is 0.326 e. The molecule has 1 aliphatic rings. The van der Waals surface area contributed by atoms with Crippen LogP contribution >= 0.6 is 0 Å². The quantitative estimate of drug-likeness (QED) is 0.766. The predicted octanol–water partition coefficient (Wildman–Crippen LogP) is 2.60. The van der Waals surface area contributed by atoms with Crippen LogP contribution in [0.3, 0.4) is 0 Å². The Labute approximate surface area is 109 Å². The lowest BCUT2D eigenvalue weighted by molar-refractivity contribution is -0.154. The molecule has 1 aliphatic heterocycles. The van der Waals surface area contributed by atoms with E-state index in [9.17, 15) is 4.79 Å². The van der Waals surface area contributed by atoms with Crippen LogP contribution in [0.1, 0.15) is 31.7 Å². The zero-order valence-electron chi connectivity index (χ0n) is 11.2. The fourth-order valence-corrected chi connectivity index (χ4v) is 2.93. The molecule has 2 rings (SSSR count). The van der Waals surface area contributed by atoms with Crippen molar-refractivity contribution in [3.05, 3.63) is 35.9 Å². The average molecular weight is 247 g/mol. The summed E-state index contributed by atoms with van der Waals surface area (Å²) in [5, 5.41) is 0. The summed E-state index contributed by atoms with van der Waals surface area (Å²) in [6.07, 6.45) is 2.78. The Morgan fingerprint density at radius 2 is 2.11 bits per heavy atom. The Morgan fingerprint density at radius 1 is 1.39 bits per heavy atom. The molecule has 0 radical (unpaired) electrons. The summed E-state index contributed by atoms with van der Waals surface area (Å²) in [4.78, 5) is 14.4. The highest BCUT2D eigenvalue weighted by molar-refractivity contribution is 5.81. The Bertz CT molecular complexity index is 404. The van der Waals surface area contributed by atoms with Gasteiger partial charge in [0, 0.05) is 6.54 Å². The second-order valence-electron chi connectivity index (χ2n) is 4.89. The summed E-state index contributed by atoms with van der Waals surface area (Å²) >= 11 is 0. The molecule has 3 nitrogen and oxygen atoms in total. The molecule has 98 valence electrons. The number of likely N-dealkylation sites (tertiary alicyclic amines) is 1. The van der Waals surface area contributed by atoms with Crippen LogP contribution < -0.4 is 0 Å². The highest BCUT2D eigenvalue weighted by Crippen LogP contribution is 2.34. The van der Waals surface area contributed by atoms with Gasteiger partial charge in [-0.05, 0) is 31.4 Å². The molecule has 1 aromatic carbocycles. The first-order valence-electron chi connectivity index (χ1n) is 6.60. The number of methoxy groups -OCH3 is 1. The van der Waals surface area contributed by atoms with Crippen LogP contribution in [-0.4, -0.2) is 30.1 Å². The van der Waals surface area contributed by atoms with Crippen molar-refractivity contribution in [3.8, 4) is 0 Å². The van der Waals surface area contributed by atoms with Gasteiger partial charge in [0.05, 0.1) is 7.11 Å². The number of nitrogens with zero attached hydrogens (tertiary/aromatic N) is 1. The molecule has 1 heterocycles. The largest absolute Gasteiger partial charge is 0.468 e. The van der Waals surface area contributed by atoms with E-state index in [4.69, 9.17) is 4.74 Å². The lowest BCUT2D eigenvalue weighted by Gasteiger charge is -2.35. The van der Waals surface area contributed by atoms with Crippen LogP contribution in [0.5, 0.6) is 0 Å². The van der Waals surface area contributed by atoms with Crippen molar-refractivity contribution in [2.45, 2.75) is 38.3 Å². The Morgan fingerprint density at radius 3 is 2.72 bits per heavy atom. The van der Waals surface area contributed by atoms with Crippen LogP contribution in [0, 0.1) is 0 Å². The molecule has 1 aromatic rings. The first-order valence-corrected chi connectivity index (χ1v) is 6.60. The van der Waals surface area contributed by atoms with Crippen molar-refractivity contribution < 1.29 is 9.53 Å². The van der Waals surface area contributed by atoms with Gasteiger partial charge in [0.1, 0.15) is 5.54 Å². The van der Waals surface area contributed by atoms with Gasteiger partial charge in [0.15, 0.2) is 0 Å². The van der Waals surface area contributed by atoms with Gasteiger partial charge in [0.25, 0.3) is 0 Å². The maximum atomic E-state index is 12.1. The predicted molar refractivity (Wildman–Crippen MR) is 71.1 cm³/mol. The SMILES string of the molecule is CCC1(C(=O)OC)CCCN1Cc1ccccc1. The molecule has 1 saturated heterocycles. The van der Waals surface area contributed by atoms with Gasteiger partial charge in [-0.1, -0.05) is 37.3 Å². The number of rotatable bonds is 4. The lowest BCUT2D eigenvalue weighted by atomic mass is 9.92. The standard InChI is InChI=1S/C15H21NO2/c1-3-15(14(17)18-2)10-7-11-16(15)12-13-8-5-4-6-9-13/h4-6,8-9H,3,7,10-12H2,1-2H3. The molecule has 0 bridgehead atoms. The monoisotopic (exact) mass is 247 g/mol. The third-order valence-corrected chi connectivity index (χ3v) is 3.99. The minimum atomic E-state index is -0.412. The van der Waals surface area contributed by atoms with Crippen molar-refractivity contribution in [2.75, 3.05) is 13.7 Å². The number of esters is 1. The van der Waals surface area contributed by atoms with E-state index in [0.717, 1.165) is 32.4 Å². The molecule has 1 atom stereocenters. The number of carbonyl (C=O) groups is 1. The smallest absolute Gasteiger partial charge is 0.326 e. The van der Waals surface area contributed by atoms with Crippen molar-refractivity contribution in [1.82, 2.24) is 4.90 Å². The van der Waals surface area contributed by atoms with E-state index in [1.807, 2.05) is 18.2 Å². The van der Waals surface area contributed by atoms with Gasteiger partial charge in [-0.25, -0.2) is 0 Å². The van der Waals surface area contributed by atoms with Crippen LogP contribution in [0.25, 0.3) is 0 Å². The number of ether oxygens (including phenoxy) is 1. The van der Waals surface area contributed by atoms with E-state index in [-0.39, 0.29) is 5.97 Å². The Hall–Kier alpha value is -1.35. The van der Waals surface area contributed by atoms with E-state index in [1.54, 1.807) is 0 Å². The minimum absolute atomic E-state index is 0.0848. The fraction of sp³-hybridized carbons (Fsp3) is 0.533. The second kappa shape index (κ2) is 5.53. The lowest BCUT2D eigenvalue weighted by Crippen LogP contribution is -2.50. The van der Waals surface area contributed by atoms with Gasteiger partial charge in [-0.15, -0.1) is 0 Å². The molecule has 1 unspecified atom stereocenters. The van der Waals surface area contributed by atoms with Crippen molar-refractivity contribution in [2.24, 2.45) is 0 Å². The van der Waals surface area contributed by atoms with E-state index in [1.165, 1.54) is 12.7 Å². The van der Waals surface area contributed by atoms with Gasteiger partial charge in [-0.3, -0.25) is 9.69 Å². The summed E-state index contributed by atoms with van der Waals surface area (Å²) in [5.74, 6) is -0.0848. The summed E-state index contributed by atoms with van der Waals surface area (Å²) in [5.41, 5.74) is 0.839. The fourth-order valence-electron chi connectivity index (χ4n) is 2.93. The number of carbonyl (C=O) groups excluding carboxylic acids is 1. The second-order valence-corrected chi connectivity index (χ2v) is 4.89. The summed E-state index contributed by atoms with van der Waals surface area (Å²) in [6, 6.07) is 10.3. The maximum absolute atomic E-state index is 12.1.